The number of nitrogens with zero attached hydrogens (tertiary/aromatic N) is 6. The van der Waals surface area contributed by atoms with E-state index in [0.29, 0.717) is 50.4 Å². The number of amides is 1. The van der Waals surface area contributed by atoms with Crippen LogP contribution < -0.4 is 10.9 Å². The first-order valence-corrected chi connectivity index (χ1v) is 11.6. The number of anilines is 1. The summed E-state index contributed by atoms with van der Waals surface area (Å²) in [5, 5.41) is 14.9. The molecule has 0 atom stereocenters. The van der Waals surface area contributed by atoms with Gasteiger partial charge in [-0.15, -0.1) is 11.3 Å². The number of carbonyl (C=O) groups excluding carboxylic acids is 1. The Morgan fingerprint density at radius 1 is 1.14 bits per heavy atom. The standard InChI is InChI=1S/C24H18N8O2S/c1-13-20-14(10-17(19-8-5-9-35-19)28-22(20)31(2)30-13)24(34)29-16-6-3-4-7-18(16)32-21-15(11-27-32)23(33)26-12-25-21/h3-12H,1-2H3,(H,29,34)(H,25,26,33). The number of aromatic nitrogens is 7. The minimum Gasteiger partial charge on any atom is -0.320 e. The van der Waals surface area contributed by atoms with E-state index >= 15 is 0 Å². The van der Waals surface area contributed by atoms with Gasteiger partial charge in [0.1, 0.15) is 5.39 Å². The summed E-state index contributed by atoms with van der Waals surface area (Å²) in [6.45, 7) is 1.86. The van der Waals surface area contributed by atoms with Gasteiger partial charge in [-0.25, -0.2) is 14.6 Å². The number of thiophene rings is 1. The molecule has 0 aliphatic heterocycles. The summed E-state index contributed by atoms with van der Waals surface area (Å²) in [6.07, 6.45) is 2.79. The molecule has 11 heteroatoms. The lowest BCUT2D eigenvalue weighted by Crippen LogP contribution is -2.15. The molecule has 6 rings (SSSR count). The van der Waals surface area contributed by atoms with Crippen molar-refractivity contribution in [1.29, 1.82) is 0 Å². The first-order valence-electron chi connectivity index (χ1n) is 10.7. The molecule has 1 aromatic carbocycles. The number of aryl methyl sites for hydroxylation is 2. The third-order valence-electron chi connectivity index (χ3n) is 5.74. The van der Waals surface area contributed by atoms with Gasteiger partial charge in [-0.3, -0.25) is 14.3 Å². The predicted molar refractivity (Wildman–Crippen MR) is 134 cm³/mol. The maximum atomic E-state index is 13.7. The number of benzene rings is 1. The highest BCUT2D eigenvalue weighted by atomic mass is 32.1. The van der Waals surface area contributed by atoms with Crippen LogP contribution in [-0.4, -0.2) is 40.4 Å². The van der Waals surface area contributed by atoms with Gasteiger partial charge in [-0.1, -0.05) is 18.2 Å². The lowest BCUT2D eigenvalue weighted by molar-refractivity contribution is 0.102. The van der Waals surface area contributed by atoms with Gasteiger partial charge >= 0.3 is 0 Å². The molecule has 5 heterocycles. The van der Waals surface area contributed by atoms with Crippen LogP contribution in [0.5, 0.6) is 0 Å². The fourth-order valence-corrected chi connectivity index (χ4v) is 4.85. The van der Waals surface area contributed by atoms with Gasteiger partial charge in [0, 0.05) is 7.05 Å². The van der Waals surface area contributed by atoms with E-state index < -0.39 is 0 Å². The van der Waals surface area contributed by atoms with Gasteiger partial charge in [-0.05, 0) is 36.6 Å². The third kappa shape index (κ3) is 3.40. The first kappa shape index (κ1) is 20.9. The van der Waals surface area contributed by atoms with Crippen LogP contribution in [0.3, 0.4) is 0 Å². The smallest absolute Gasteiger partial charge is 0.261 e. The molecule has 0 spiro atoms. The van der Waals surface area contributed by atoms with E-state index in [1.165, 1.54) is 17.2 Å². The number of H-pyrrole nitrogens is 1. The highest BCUT2D eigenvalue weighted by Crippen LogP contribution is 2.30. The molecule has 0 saturated heterocycles. The van der Waals surface area contributed by atoms with Crippen molar-refractivity contribution in [3.63, 3.8) is 0 Å². The van der Waals surface area contributed by atoms with Crippen molar-refractivity contribution in [2.75, 3.05) is 5.32 Å². The van der Waals surface area contributed by atoms with E-state index in [2.05, 4.69) is 25.5 Å². The molecule has 0 radical (unpaired) electrons. The average molecular weight is 483 g/mol. The van der Waals surface area contributed by atoms with Crippen LogP contribution in [0.15, 0.2) is 65.2 Å². The minimum absolute atomic E-state index is 0.282. The van der Waals surface area contributed by atoms with Crippen molar-refractivity contribution >= 4 is 45.0 Å². The number of hydrogen-bond acceptors (Lipinski definition) is 7. The van der Waals surface area contributed by atoms with Gasteiger partial charge in [0.05, 0.1) is 51.1 Å². The van der Waals surface area contributed by atoms with Crippen LogP contribution in [0.1, 0.15) is 16.1 Å². The molecule has 0 aliphatic carbocycles. The average Bonchev–Trinajstić information content (AvgIpc) is 3.60. The van der Waals surface area contributed by atoms with Crippen LogP contribution in [0.2, 0.25) is 0 Å². The molecular weight excluding hydrogens is 464 g/mol. The van der Waals surface area contributed by atoms with Crippen molar-refractivity contribution in [3.05, 3.63) is 82.0 Å². The molecule has 0 unspecified atom stereocenters. The molecule has 0 bridgehead atoms. The largest absolute Gasteiger partial charge is 0.320 e. The molecule has 5 aromatic heterocycles. The van der Waals surface area contributed by atoms with Gasteiger partial charge in [0.25, 0.3) is 11.5 Å². The summed E-state index contributed by atoms with van der Waals surface area (Å²) >= 11 is 1.55. The van der Waals surface area contributed by atoms with E-state index in [4.69, 9.17) is 4.98 Å². The number of hydrogen-bond donors (Lipinski definition) is 2. The summed E-state index contributed by atoms with van der Waals surface area (Å²) in [4.78, 5) is 38.3. The summed E-state index contributed by atoms with van der Waals surface area (Å²) in [5.41, 5.74) is 3.74. The zero-order valence-electron chi connectivity index (χ0n) is 18.7. The number of para-hydroxylation sites is 2. The molecule has 172 valence electrons. The molecule has 10 nitrogen and oxygen atoms in total. The van der Waals surface area contributed by atoms with Gasteiger partial charge in [0.2, 0.25) is 0 Å². The lowest BCUT2D eigenvalue weighted by atomic mass is 10.1. The Balaban J connectivity index is 1.47. The molecular formula is C24H18N8O2S. The maximum Gasteiger partial charge on any atom is 0.261 e. The SMILES string of the molecule is Cc1nn(C)c2nc(-c3cccs3)cc(C(=O)Nc3ccccc3-n3ncc4c(=O)[nH]cnc43)c12. The van der Waals surface area contributed by atoms with Crippen molar-refractivity contribution < 1.29 is 4.79 Å². The van der Waals surface area contributed by atoms with Gasteiger partial charge in [-0.2, -0.15) is 10.2 Å². The normalized spacial score (nSPS) is 11.4. The number of pyridine rings is 1. The molecule has 1 amide bonds. The second kappa shape index (κ2) is 7.99. The topological polar surface area (TPSA) is 123 Å². The lowest BCUT2D eigenvalue weighted by Gasteiger charge is -2.13. The van der Waals surface area contributed by atoms with E-state index in [0.717, 1.165) is 4.88 Å². The van der Waals surface area contributed by atoms with Crippen molar-refractivity contribution in [2.45, 2.75) is 6.92 Å². The maximum absolute atomic E-state index is 13.7. The highest BCUT2D eigenvalue weighted by molar-refractivity contribution is 7.13. The predicted octanol–water partition coefficient (Wildman–Crippen LogP) is 3.68. The second-order valence-electron chi connectivity index (χ2n) is 7.94. The van der Waals surface area contributed by atoms with Crippen LogP contribution in [0, 0.1) is 6.92 Å². The molecule has 0 saturated carbocycles. The van der Waals surface area contributed by atoms with Crippen molar-refractivity contribution in [1.82, 2.24) is 34.5 Å². The monoisotopic (exact) mass is 482 g/mol. The highest BCUT2D eigenvalue weighted by Gasteiger charge is 2.21. The second-order valence-corrected chi connectivity index (χ2v) is 8.88. The molecule has 35 heavy (non-hydrogen) atoms. The minimum atomic E-state index is -0.305. The zero-order chi connectivity index (χ0) is 24.1. The molecule has 2 N–H and O–H groups in total. The fraction of sp³-hybridized carbons (Fsp3) is 0.0833. The first-order chi connectivity index (χ1) is 17.0. The Kier molecular flexibility index (Phi) is 4.78. The van der Waals surface area contributed by atoms with Crippen LogP contribution in [-0.2, 0) is 7.05 Å². The Morgan fingerprint density at radius 3 is 2.83 bits per heavy atom. The van der Waals surface area contributed by atoms with E-state index in [-0.39, 0.29) is 11.5 Å². The Labute approximate surface area is 201 Å². The number of carbonyl (C=O) groups is 1. The van der Waals surface area contributed by atoms with Crippen molar-refractivity contribution in [2.24, 2.45) is 7.05 Å². The van der Waals surface area contributed by atoms with E-state index in [1.807, 2.05) is 43.6 Å². The quantitative estimate of drug-likeness (QED) is 0.395. The Morgan fingerprint density at radius 2 is 2.00 bits per heavy atom. The van der Waals surface area contributed by atoms with Crippen LogP contribution >= 0.6 is 11.3 Å². The number of nitrogens with one attached hydrogen (secondary N) is 2. The van der Waals surface area contributed by atoms with E-state index in [9.17, 15) is 9.59 Å². The third-order valence-corrected chi connectivity index (χ3v) is 6.63. The van der Waals surface area contributed by atoms with Gasteiger partial charge < -0.3 is 10.3 Å². The Hall–Kier alpha value is -4.64. The molecule has 0 aliphatic rings. The fourth-order valence-electron chi connectivity index (χ4n) is 4.16. The molecule has 6 aromatic rings. The van der Waals surface area contributed by atoms with E-state index in [1.54, 1.807) is 34.2 Å². The summed E-state index contributed by atoms with van der Waals surface area (Å²) < 4.78 is 3.22. The number of fused-ring (bicyclic) bond motifs is 2. The summed E-state index contributed by atoms with van der Waals surface area (Å²) in [7, 11) is 1.81. The summed E-state index contributed by atoms with van der Waals surface area (Å²) in [5.74, 6) is -0.305. The zero-order valence-corrected chi connectivity index (χ0v) is 19.5. The van der Waals surface area contributed by atoms with Crippen LogP contribution in [0.4, 0.5) is 5.69 Å². The van der Waals surface area contributed by atoms with Crippen molar-refractivity contribution in [3.8, 4) is 16.3 Å². The number of rotatable bonds is 4. The molecule has 0 fully saturated rings. The Bertz CT molecular complexity index is 1800. The number of aromatic amines is 1. The van der Waals surface area contributed by atoms with Gasteiger partial charge in [0.15, 0.2) is 11.3 Å². The summed E-state index contributed by atoms with van der Waals surface area (Å²) in [6, 6.07) is 12.9. The van der Waals surface area contributed by atoms with Crippen LogP contribution in [0.25, 0.3) is 38.3 Å².